The smallest absolute Gasteiger partial charge is 0.140 e. The molecule has 6 heteroatoms. The lowest BCUT2D eigenvalue weighted by Gasteiger charge is -2.18. The molecule has 0 spiro atoms. The van der Waals surface area contributed by atoms with E-state index in [9.17, 15) is 0 Å². The molecule has 6 heterocycles. The first kappa shape index (κ1) is 30.0. The van der Waals surface area contributed by atoms with Gasteiger partial charge in [-0.1, -0.05) is 62.3 Å². The number of fused-ring (bicyclic) bond motifs is 3. The van der Waals surface area contributed by atoms with Gasteiger partial charge in [-0.05, 0) is 60.6 Å². The van der Waals surface area contributed by atoms with Gasteiger partial charge in [-0.3, -0.25) is 9.97 Å². The number of hydrogen-bond acceptors (Lipinski definition) is 3. The minimum absolute atomic E-state index is 0.112. The van der Waals surface area contributed by atoms with Crippen LogP contribution >= 0.6 is 0 Å². The van der Waals surface area contributed by atoms with Crippen molar-refractivity contribution in [3.8, 4) is 0 Å². The molecule has 6 aromatic heterocycles. The molecule has 0 aromatic carbocycles. The van der Waals surface area contributed by atoms with Crippen LogP contribution in [0.5, 0.6) is 0 Å². The zero-order valence-corrected chi connectivity index (χ0v) is 26.7. The van der Waals surface area contributed by atoms with E-state index in [0.717, 1.165) is 17.0 Å². The Morgan fingerprint density at radius 1 is 0.634 bits per heavy atom. The van der Waals surface area contributed by atoms with Gasteiger partial charge in [0.25, 0.3) is 0 Å². The predicted octanol–water partition coefficient (Wildman–Crippen LogP) is 8.51. The summed E-state index contributed by atoms with van der Waals surface area (Å²) in [6.45, 7) is 24.0. The molecule has 6 rings (SSSR count). The summed E-state index contributed by atoms with van der Waals surface area (Å²) in [4.78, 5) is 13.2. The first-order chi connectivity index (χ1) is 19.1. The maximum absolute atomic E-state index is 4.63. The van der Waals surface area contributed by atoms with E-state index in [4.69, 9.17) is 0 Å². The monoisotopic (exact) mass is 550 g/mol. The molecule has 0 amide bonds. The second kappa shape index (κ2) is 11.2. The molecule has 0 aliphatic carbocycles. The Bertz CT molecular complexity index is 1750. The fourth-order valence-corrected chi connectivity index (χ4v) is 5.11. The Hall–Kier alpha value is -3.93. The van der Waals surface area contributed by atoms with Gasteiger partial charge in [-0.2, -0.15) is 0 Å². The Balaban J connectivity index is 0.000000142. The van der Waals surface area contributed by atoms with Gasteiger partial charge in [-0.25, -0.2) is 4.98 Å². The van der Waals surface area contributed by atoms with Crippen molar-refractivity contribution in [1.29, 1.82) is 0 Å². The molecule has 0 N–H and O–H groups in total. The zero-order valence-electron chi connectivity index (χ0n) is 26.7. The third kappa shape index (κ3) is 6.70. The molecular weight excluding hydrogens is 504 g/mol. The molecule has 0 bridgehead atoms. The summed E-state index contributed by atoms with van der Waals surface area (Å²) >= 11 is 0. The minimum Gasteiger partial charge on any atom is -0.321 e. The van der Waals surface area contributed by atoms with Crippen LogP contribution in [0.25, 0.3) is 16.7 Å². The van der Waals surface area contributed by atoms with Crippen LogP contribution in [0.4, 0.5) is 0 Å². The summed E-state index contributed by atoms with van der Waals surface area (Å²) in [7, 11) is 0. The number of hydrogen-bond donors (Lipinski definition) is 0. The van der Waals surface area contributed by atoms with E-state index >= 15 is 0 Å². The van der Waals surface area contributed by atoms with Crippen molar-refractivity contribution in [1.82, 2.24) is 28.2 Å². The molecule has 0 radical (unpaired) electrons. The predicted molar refractivity (Wildman–Crippen MR) is 171 cm³/mol. The van der Waals surface area contributed by atoms with E-state index < -0.39 is 0 Å². The summed E-state index contributed by atoms with van der Waals surface area (Å²) in [5, 5.41) is 0. The lowest BCUT2D eigenvalue weighted by atomic mass is 9.88. The van der Waals surface area contributed by atoms with Gasteiger partial charge in [-0.15, -0.1) is 0 Å². The van der Waals surface area contributed by atoms with Gasteiger partial charge in [0.15, 0.2) is 0 Å². The molecule has 6 nitrogen and oxygen atoms in total. The largest absolute Gasteiger partial charge is 0.321 e. The van der Waals surface area contributed by atoms with Crippen LogP contribution in [-0.2, 0) is 16.2 Å². The van der Waals surface area contributed by atoms with E-state index in [2.05, 4.69) is 134 Å². The van der Waals surface area contributed by atoms with Crippen molar-refractivity contribution in [2.45, 2.75) is 92.4 Å². The van der Waals surface area contributed by atoms with Crippen molar-refractivity contribution >= 4 is 16.7 Å². The molecular formula is C35H46N6. The van der Waals surface area contributed by atoms with Crippen LogP contribution in [0, 0.1) is 13.8 Å². The van der Waals surface area contributed by atoms with E-state index in [1.165, 1.54) is 27.9 Å². The molecule has 0 aliphatic heterocycles. The first-order valence-corrected chi connectivity index (χ1v) is 14.4. The van der Waals surface area contributed by atoms with E-state index in [1.807, 2.05) is 44.0 Å². The van der Waals surface area contributed by atoms with Crippen LogP contribution in [0.3, 0.4) is 0 Å². The molecule has 41 heavy (non-hydrogen) atoms. The normalized spacial score (nSPS) is 12.3. The summed E-state index contributed by atoms with van der Waals surface area (Å²) < 4.78 is 6.37. The van der Waals surface area contributed by atoms with Gasteiger partial charge >= 0.3 is 0 Å². The fourth-order valence-electron chi connectivity index (χ4n) is 5.11. The maximum Gasteiger partial charge on any atom is 0.140 e. The van der Waals surface area contributed by atoms with Crippen molar-refractivity contribution in [3.63, 3.8) is 0 Å². The van der Waals surface area contributed by atoms with Crippen LogP contribution < -0.4 is 0 Å². The molecule has 0 fully saturated rings. The average Bonchev–Trinajstić information content (AvgIpc) is 3.60. The number of aryl methyl sites for hydroxylation is 2. The Kier molecular flexibility index (Phi) is 8.17. The highest BCUT2D eigenvalue weighted by molar-refractivity contribution is 5.57. The third-order valence-corrected chi connectivity index (χ3v) is 7.18. The van der Waals surface area contributed by atoms with E-state index in [0.29, 0.717) is 0 Å². The standard InChI is InChI=1S/C13H18N2.2C11H14N2/c1-9-8-10(2)15-7-6-11(12(15)14-9)13(3,4)5;1-11(2,3)9-4-6-13-7-5-12-8-10(9)13;1-11(2,3)10-9-5-4-7-13(9)8-6-12-10/h6-8H,1-5H3;2*4-8H,1-3H3. The van der Waals surface area contributed by atoms with E-state index in [-0.39, 0.29) is 16.2 Å². The van der Waals surface area contributed by atoms with Crippen LogP contribution in [-0.4, -0.2) is 28.2 Å². The lowest BCUT2D eigenvalue weighted by molar-refractivity contribution is 0.572. The summed E-state index contributed by atoms with van der Waals surface area (Å²) in [5.74, 6) is 0. The number of nitrogens with zero attached hydrogens (tertiary/aromatic N) is 6. The van der Waals surface area contributed by atoms with Gasteiger partial charge in [0.1, 0.15) is 5.65 Å². The SMILES string of the molecule is CC(C)(C)c1ccn2ccncc12.CC(C)(C)c1nccn2cccc12.Cc1cc(C)n2ccc(C(C)(C)C)c2n1. The average molecular weight is 551 g/mol. The highest BCUT2D eigenvalue weighted by atomic mass is 15.0. The van der Waals surface area contributed by atoms with Crippen molar-refractivity contribution in [2.24, 2.45) is 0 Å². The second-order valence-corrected chi connectivity index (χ2v) is 13.9. The van der Waals surface area contributed by atoms with E-state index in [1.54, 1.807) is 6.20 Å². The summed E-state index contributed by atoms with van der Waals surface area (Å²) in [6, 6.07) is 10.6. The molecule has 6 aromatic rings. The van der Waals surface area contributed by atoms with Gasteiger partial charge in [0, 0.05) is 65.7 Å². The number of aromatic nitrogens is 6. The Morgan fingerprint density at radius 2 is 1.27 bits per heavy atom. The third-order valence-electron chi connectivity index (χ3n) is 7.18. The van der Waals surface area contributed by atoms with Crippen molar-refractivity contribution in [3.05, 3.63) is 108 Å². The van der Waals surface area contributed by atoms with Crippen LogP contribution in [0.1, 0.15) is 90.5 Å². The Morgan fingerprint density at radius 3 is 1.93 bits per heavy atom. The van der Waals surface area contributed by atoms with Crippen LogP contribution in [0.2, 0.25) is 0 Å². The second-order valence-electron chi connectivity index (χ2n) is 13.9. The molecule has 0 unspecified atom stereocenters. The first-order valence-electron chi connectivity index (χ1n) is 14.4. The molecule has 0 saturated heterocycles. The quantitative estimate of drug-likeness (QED) is 0.190. The van der Waals surface area contributed by atoms with Crippen molar-refractivity contribution < 1.29 is 0 Å². The number of rotatable bonds is 0. The molecule has 216 valence electrons. The maximum atomic E-state index is 4.63. The van der Waals surface area contributed by atoms with Gasteiger partial charge < -0.3 is 13.2 Å². The minimum atomic E-state index is 0.112. The van der Waals surface area contributed by atoms with Gasteiger partial charge in [0.2, 0.25) is 0 Å². The molecule has 0 atom stereocenters. The summed E-state index contributed by atoms with van der Waals surface area (Å²) in [5.41, 5.74) is 10.1. The summed E-state index contributed by atoms with van der Waals surface area (Å²) in [6.07, 6.45) is 15.8. The lowest BCUT2D eigenvalue weighted by Crippen LogP contribution is -2.14. The zero-order chi connectivity index (χ0) is 30.2. The Labute approximate surface area is 245 Å². The highest BCUT2D eigenvalue weighted by Crippen LogP contribution is 2.28. The fraction of sp³-hybridized carbons (Fsp3) is 0.400. The topological polar surface area (TPSA) is 51.9 Å². The van der Waals surface area contributed by atoms with Crippen molar-refractivity contribution in [2.75, 3.05) is 0 Å². The molecule has 0 saturated carbocycles. The molecule has 0 aliphatic rings. The highest BCUT2D eigenvalue weighted by Gasteiger charge is 2.20. The van der Waals surface area contributed by atoms with Gasteiger partial charge in [0.05, 0.1) is 22.9 Å². The van der Waals surface area contributed by atoms with Crippen LogP contribution in [0.15, 0.2) is 79.9 Å².